The van der Waals surface area contributed by atoms with E-state index in [1.165, 1.54) is 6.92 Å². The third-order valence-electron chi connectivity index (χ3n) is 1.81. The number of hydrogen-bond acceptors (Lipinski definition) is 3. The minimum Gasteiger partial charge on any atom is -0.480 e. The quantitative estimate of drug-likeness (QED) is 0.420. The van der Waals surface area contributed by atoms with E-state index in [0.29, 0.717) is 0 Å². The predicted molar refractivity (Wildman–Crippen MR) is 55.5 cm³/mol. The Hall–Kier alpha value is -1.50. The molecular formula is C9H15F2N3O2. The first kappa shape index (κ1) is 14.5. The van der Waals surface area contributed by atoms with Crippen molar-refractivity contribution in [3.63, 3.8) is 0 Å². The minimum atomic E-state index is -1.85. The topological polar surface area (TPSA) is 99.2 Å². The molecule has 0 aromatic rings. The summed E-state index contributed by atoms with van der Waals surface area (Å²) in [5, 5.41) is 17.8. The highest BCUT2D eigenvalue weighted by atomic mass is 19.2. The maximum absolute atomic E-state index is 13.2. The highest BCUT2D eigenvalue weighted by molar-refractivity contribution is 5.78. The second-order valence-electron chi connectivity index (χ2n) is 3.69. The number of nitrogens with one attached hydrogen (secondary N) is 2. The highest BCUT2D eigenvalue weighted by Crippen LogP contribution is 2.19. The zero-order chi connectivity index (χ0) is 12.9. The number of amidine groups is 1. The predicted octanol–water partition coefficient (Wildman–Crippen LogP) is 0.916. The van der Waals surface area contributed by atoms with Gasteiger partial charge in [-0.3, -0.25) is 10.2 Å². The van der Waals surface area contributed by atoms with Gasteiger partial charge < -0.3 is 16.2 Å². The van der Waals surface area contributed by atoms with Crippen LogP contribution in [0.3, 0.4) is 0 Å². The van der Waals surface area contributed by atoms with Crippen LogP contribution in [0.1, 0.15) is 20.3 Å². The normalized spacial score (nSPS) is 16.1. The van der Waals surface area contributed by atoms with E-state index < -0.39 is 36.1 Å². The molecule has 0 rings (SSSR count). The van der Waals surface area contributed by atoms with Crippen molar-refractivity contribution < 1.29 is 18.7 Å². The summed E-state index contributed by atoms with van der Waals surface area (Å²) in [4.78, 5) is 10.6. The Balaban J connectivity index is 4.53. The van der Waals surface area contributed by atoms with Crippen molar-refractivity contribution in [1.29, 1.82) is 5.41 Å². The number of hydrogen-bond donors (Lipinski definition) is 4. The van der Waals surface area contributed by atoms with E-state index in [4.69, 9.17) is 16.2 Å². The molecule has 0 saturated carbocycles. The summed E-state index contributed by atoms with van der Waals surface area (Å²) in [7, 11) is 0. The summed E-state index contributed by atoms with van der Waals surface area (Å²) in [6.07, 6.45) is -0.729. The molecule has 16 heavy (non-hydrogen) atoms. The summed E-state index contributed by atoms with van der Waals surface area (Å²) in [6, 6.07) is 0. The lowest BCUT2D eigenvalue weighted by Gasteiger charge is -2.17. The average Bonchev–Trinajstić information content (AvgIpc) is 2.12. The molecule has 0 bridgehead atoms. The molecule has 0 aliphatic rings. The van der Waals surface area contributed by atoms with Crippen molar-refractivity contribution in [2.75, 3.05) is 6.54 Å². The van der Waals surface area contributed by atoms with E-state index in [2.05, 4.69) is 5.32 Å². The molecule has 0 amide bonds. The van der Waals surface area contributed by atoms with Crippen LogP contribution in [-0.4, -0.2) is 29.0 Å². The fourth-order valence-corrected chi connectivity index (χ4v) is 0.800. The molecule has 0 aromatic carbocycles. The van der Waals surface area contributed by atoms with E-state index in [-0.39, 0.29) is 5.84 Å². The summed E-state index contributed by atoms with van der Waals surface area (Å²) in [6.45, 7) is 1.98. The third kappa shape index (κ3) is 4.83. The van der Waals surface area contributed by atoms with Gasteiger partial charge in [-0.05, 0) is 13.8 Å². The number of carboxylic acid groups (broad SMARTS) is 1. The zero-order valence-corrected chi connectivity index (χ0v) is 9.10. The molecule has 7 heteroatoms. The van der Waals surface area contributed by atoms with Gasteiger partial charge >= 0.3 is 5.97 Å². The van der Waals surface area contributed by atoms with Gasteiger partial charge in [0.1, 0.15) is 11.4 Å². The Kier molecular flexibility index (Phi) is 5.03. The largest absolute Gasteiger partial charge is 0.480 e. The second-order valence-corrected chi connectivity index (χ2v) is 3.69. The first-order chi connectivity index (χ1) is 7.16. The summed E-state index contributed by atoms with van der Waals surface area (Å²) in [5.41, 5.74) is 3.41. The molecule has 92 valence electrons. The van der Waals surface area contributed by atoms with Crippen LogP contribution in [0.25, 0.3) is 0 Å². The maximum Gasteiger partial charge on any atom is 0.323 e. The number of halogens is 2. The molecule has 1 atom stereocenters. The first-order valence-corrected chi connectivity index (χ1v) is 4.51. The highest BCUT2D eigenvalue weighted by Gasteiger charge is 2.30. The lowest BCUT2D eigenvalue weighted by molar-refractivity contribution is -0.142. The summed E-state index contributed by atoms with van der Waals surface area (Å²) >= 11 is 0. The van der Waals surface area contributed by atoms with Crippen molar-refractivity contribution in [3.8, 4) is 0 Å². The molecule has 5 nitrogen and oxygen atoms in total. The first-order valence-electron chi connectivity index (χ1n) is 4.51. The van der Waals surface area contributed by atoms with E-state index >= 15 is 0 Å². The Bertz CT molecular complexity index is 327. The molecule has 0 aliphatic heterocycles. The molecule has 5 N–H and O–H groups in total. The van der Waals surface area contributed by atoms with E-state index in [0.717, 1.165) is 6.92 Å². The number of aliphatic carboxylic acids is 1. The van der Waals surface area contributed by atoms with Crippen LogP contribution in [0.4, 0.5) is 8.78 Å². The molecule has 0 saturated heterocycles. The van der Waals surface area contributed by atoms with Crippen LogP contribution in [0.15, 0.2) is 11.7 Å². The summed E-state index contributed by atoms with van der Waals surface area (Å²) < 4.78 is 26.2. The van der Waals surface area contributed by atoms with Crippen LogP contribution < -0.4 is 11.1 Å². The van der Waals surface area contributed by atoms with Crippen LogP contribution in [0.5, 0.6) is 0 Å². The van der Waals surface area contributed by atoms with Gasteiger partial charge in [-0.15, -0.1) is 0 Å². The monoisotopic (exact) mass is 235 g/mol. The van der Waals surface area contributed by atoms with Crippen molar-refractivity contribution >= 4 is 11.8 Å². The third-order valence-corrected chi connectivity index (χ3v) is 1.81. The van der Waals surface area contributed by atoms with Crippen LogP contribution in [0, 0.1) is 5.41 Å². The van der Waals surface area contributed by atoms with Gasteiger partial charge in [0, 0.05) is 6.42 Å². The van der Waals surface area contributed by atoms with Crippen LogP contribution >= 0.6 is 0 Å². The molecular weight excluding hydrogens is 220 g/mol. The van der Waals surface area contributed by atoms with Crippen molar-refractivity contribution in [3.05, 3.63) is 11.7 Å². The maximum atomic E-state index is 13.2. The Morgan fingerprint density at radius 1 is 1.50 bits per heavy atom. The second kappa shape index (κ2) is 5.55. The van der Waals surface area contributed by atoms with Gasteiger partial charge in [0.25, 0.3) is 0 Å². The standard InChI is InChI=1S/C9H15F2N3O2/c1-5(12)14-4-7(11)6(10)3-9(2,13)8(15)16/h3-4,13H2,1-2H3,(H2,12,14)(H,15,16)/b7-6+/t9-/m0/s1. The molecule has 0 spiro atoms. The van der Waals surface area contributed by atoms with Crippen LogP contribution in [-0.2, 0) is 4.79 Å². The molecule has 0 unspecified atom stereocenters. The smallest absolute Gasteiger partial charge is 0.323 e. The van der Waals surface area contributed by atoms with Crippen molar-refractivity contribution in [1.82, 2.24) is 5.32 Å². The van der Waals surface area contributed by atoms with Gasteiger partial charge in [0.2, 0.25) is 0 Å². The Morgan fingerprint density at radius 2 is 2.00 bits per heavy atom. The number of rotatable bonds is 5. The molecule has 0 aliphatic carbocycles. The minimum absolute atomic E-state index is 0.0169. The van der Waals surface area contributed by atoms with E-state index in [1.807, 2.05) is 0 Å². The molecule has 0 fully saturated rings. The molecule has 0 radical (unpaired) electrons. The van der Waals surface area contributed by atoms with Crippen molar-refractivity contribution in [2.45, 2.75) is 25.8 Å². The SMILES string of the molecule is CC(=N)NC/C(F)=C(\F)C[C@](C)(N)C(=O)O. The van der Waals surface area contributed by atoms with Gasteiger partial charge in [-0.2, -0.15) is 0 Å². The zero-order valence-electron chi connectivity index (χ0n) is 9.10. The number of carboxylic acids is 1. The number of carbonyl (C=O) groups is 1. The van der Waals surface area contributed by atoms with E-state index in [9.17, 15) is 13.6 Å². The van der Waals surface area contributed by atoms with Gasteiger partial charge in [-0.25, -0.2) is 8.78 Å². The lowest BCUT2D eigenvalue weighted by atomic mass is 9.98. The van der Waals surface area contributed by atoms with Crippen LogP contribution in [0.2, 0.25) is 0 Å². The molecule has 0 aromatic heterocycles. The average molecular weight is 235 g/mol. The molecule has 0 heterocycles. The lowest BCUT2D eigenvalue weighted by Crippen LogP contribution is -2.45. The van der Waals surface area contributed by atoms with Crippen molar-refractivity contribution in [2.24, 2.45) is 5.73 Å². The summed E-state index contributed by atoms with van der Waals surface area (Å²) in [5.74, 6) is -3.80. The Morgan fingerprint density at radius 3 is 2.38 bits per heavy atom. The van der Waals surface area contributed by atoms with Gasteiger partial charge in [0.15, 0.2) is 5.83 Å². The number of nitrogens with two attached hydrogens (primary N) is 1. The van der Waals surface area contributed by atoms with Gasteiger partial charge in [-0.1, -0.05) is 0 Å². The fraction of sp³-hybridized carbons (Fsp3) is 0.556. The fourth-order valence-electron chi connectivity index (χ4n) is 0.800. The van der Waals surface area contributed by atoms with Gasteiger partial charge in [0.05, 0.1) is 12.4 Å². The van der Waals surface area contributed by atoms with E-state index in [1.54, 1.807) is 0 Å². The Labute approximate surface area is 91.8 Å².